The Morgan fingerprint density at radius 3 is 2.90 bits per heavy atom. The summed E-state index contributed by atoms with van der Waals surface area (Å²) in [6, 6.07) is 1.84. The number of morpholine rings is 1. The number of nitrogens with one attached hydrogen (secondary N) is 1. The molecular weight excluding hydrogens is 276 g/mol. The van der Waals surface area contributed by atoms with Crippen LogP contribution in [0.25, 0.3) is 0 Å². The zero-order chi connectivity index (χ0) is 14.2. The molecule has 1 N–H and O–H groups in total. The van der Waals surface area contributed by atoms with Crippen LogP contribution in [-0.4, -0.2) is 54.3 Å². The van der Waals surface area contributed by atoms with Gasteiger partial charge in [0, 0.05) is 25.3 Å². The van der Waals surface area contributed by atoms with Crippen molar-refractivity contribution in [2.45, 2.75) is 26.2 Å². The predicted octanol–water partition coefficient (Wildman–Crippen LogP) is 2.22. The topological polar surface area (TPSA) is 50.3 Å². The second-order valence-electron chi connectivity index (χ2n) is 4.99. The zero-order valence-corrected chi connectivity index (χ0v) is 12.8. The molecule has 1 fully saturated rings. The molecule has 0 amide bonds. The molecule has 112 valence electrons. The van der Waals surface area contributed by atoms with Gasteiger partial charge in [-0.05, 0) is 25.5 Å². The highest BCUT2D eigenvalue weighted by molar-refractivity contribution is 6.29. The number of anilines is 1. The van der Waals surface area contributed by atoms with E-state index in [4.69, 9.17) is 16.3 Å². The molecule has 0 atom stereocenters. The van der Waals surface area contributed by atoms with Crippen LogP contribution in [0.15, 0.2) is 6.07 Å². The van der Waals surface area contributed by atoms with Gasteiger partial charge < -0.3 is 10.1 Å². The highest BCUT2D eigenvalue weighted by atomic mass is 35.5. The summed E-state index contributed by atoms with van der Waals surface area (Å²) in [5, 5.41) is 3.77. The predicted molar refractivity (Wildman–Crippen MR) is 81.4 cm³/mol. The first-order valence-corrected chi connectivity index (χ1v) is 7.73. The lowest BCUT2D eigenvalue weighted by atomic mass is 10.2. The van der Waals surface area contributed by atoms with E-state index in [2.05, 4.69) is 27.1 Å². The largest absolute Gasteiger partial charge is 0.379 e. The minimum atomic E-state index is 0.513. The number of halogens is 1. The fourth-order valence-electron chi connectivity index (χ4n) is 2.26. The molecule has 1 aromatic rings. The molecule has 0 radical (unpaired) electrons. The van der Waals surface area contributed by atoms with E-state index in [0.717, 1.165) is 64.3 Å². The van der Waals surface area contributed by atoms with Gasteiger partial charge in [-0.1, -0.05) is 24.9 Å². The zero-order valence-electron chi connectivity index (χ0n) is 12.1. The molecular formula is C14H23ClN4O. The maximum absolute atomic E-state index is 6.01. The Morgan fingerprint density at radius 1 is 1.35 bits per heavy atom. The smallest absolute Gasteiger partial charge is 0.224 e. The molecule has 1 aliphatic rings. The summed E-state index contributed by atoms with van der Waals surface area (Å²) in [4.78, 5) is 11.1. The van der Waals surface area contributed by atoms with Crippen LogP contribution in [0, 0.1) is 0 Å². The van der Waals surface area contributed by atoms with Gasteiger partial charge in [0.1, 0.15) is 5.15 Å². The van der Waals surface area contributed by atoms with E-state index in [1.807, 2.05) is 6.07 Å². The van der Waals surface area contributed by atoms with Crippen LogP contribution in [0.4, 0.5) is 5.95 Å². The van der Waals surface area contributed by atoms with E-state index in [1.54, 1.807) is 0 Å². The summed E-state index contributed by atoms with van der Waals surface area (Å²) in [5.41, 5.74) is 1.00. The molecule has 0 aromatic carbocycles. The maximum atomic E-state index is 6.01. The highest BCUT2D eigenvalue weighted by Gasteiger charge is 2.09. The Kier molecular flexibility index (Phi) is 6.50. The summed E-state index contributed by atoms with van der Waals surface area (Å²) >= 11 is 6.01. The molecule has 0 saturated carbocycles. The fraction of sp³-hybridized carbons (Fsp3) is 0.714. The third kappa shape index (κ3) is 5.23. The number of rotatable bonds is 7. The van der Waals surface area contributed by atoms with Crippen molar-refractivity contribution in [2.24, 2.45) is 0 Å². The van der Waals surface area contributed by atoms with Gasteiger partial charge in [-0.25, -0.2) is 9.97 Å². The molecule has 0 unspecified atom stereocenters. The first-order chi connectivity index (χ1) is 9.78. The number of ether oxygens (including phenoxy) is 1. The third-order valence-corrected chi connectivity index (χ3v) is 3.49. The lowest BCUT2D eigenvalue weighted by molar-refractivity contribution is 0.0378. The van der Waals surface area contributed by atoms with Crippen molar-refractivity contribution >= 4 is 17.5 Å². The molecule has 1 aromatic heterocycles. The Labute approximate surface area is 125 Å². The van der Waals surface area contributed by atoms with Crippen molar-refractivity contribution < 1.29 is 4.74 Å². The second kappa shape index (κ2) is 8.39. The van der Waals surface area contributed by atoms with Crippen LogP contribution in [0.5, 0.6) is 0 Å². The van der Waals surface area contributed by atoms with Gasteiger partial charge in [0.15, 0.2) is 0 Å². The molecule has 0 aliphatic carbocycles. The van der Waals surface area contributed by atoms with E-state index < -0.39 is 0 Å². The number of aromatic nitrogens is 2. The molecule has 1 saturated heterocycles. The van der Waals surface area contributed by atoms with Crippen molar-refractivity contribution in [1.29, 1.82) is 0 Å². The lowest BCUT2D eigenvalue weighted by Crippen LogP contribution is -2.37. The number of aryl methyl sites for hydroxylation is 1. The van der Waals surface area contributed by atoms with Gasteiger partial charge in [-0.3, -0.25) is 4.90 Å². The van der Waals surface area contributed by atoms with Crippen molar-refractivity contribution in [3.8, 4) is 0 Å². The average molecular weight is 299 g/mol. The van der Waals surface area contributed by atoms with Crippen molar-refractivity contribution in [3.05, 3.63) is 16.9 Å². The van der Waals surface area contributed by atoms with Crippen molar-refractivity contribution in [1.82, 2.24) is 14.9 Å². The SMILES string of the molecule is CCCc1cc(Cl)nc(NCCCN2CCOCC2)n1. The Bertz CT molecular complexity index is 410. The number of hydrogen-bond acceptors (Lipinski definition) is 5. The number of hydrogen-bond donors (Lipinski definition) is 1. The standard InChI is InChI=1S/C14H23ClN4O/c1-2-4-12-11-13(15)18-14(17-12)16-5-3-6-19-7-9-20-10-8-19/h11H,2-10H2,1H3,(H,16,17,18). The lowest BCUT2D eigenvalue weighted by Gasteiger charge is -2.26. The van der Waals surface area contributed by atoms with Crippen LogP contribution in [-0.2, 0) is 11.2 Å². The molecule has 2 rings (SSSR count). The quantitative estimate of drug-likeness (QED) is 0.618. The second-order valence-corrected chi connectivity index (χ2v) is 5.38. The van der Waals surface area contributed by atoms with Gasteiger partial charge in [0.05, 0.1) is 13.2 Å². The molecule has 0 spiro atoms. The monoisotopic (exact) mass is 298 g/mol. The normalized spacial score (nSPS) is 16.3. The molecule has 0 bridgehead atoms. The third-order valence-electron chi connectivity index (χ3n) is 3.29. The van der Waals surface area contributed by atoms with E-state index in [1.165, 1.54) is 0 Å². The van der Waals surface area contributed by atoms with E-state index in [-0.39, 0.29) is 0 Å². The van der Waals surface area contributed by atoms with E-state index in [0.29, 0.717) is 11.1 Å². The molecule has 2 heterocycles. The summed E-state index contributed by atoms with van der Waals surface area (Å²) < 4.78 is 5.33. The molecule has 20 heavy (non-hydrogen) atoms. The van der Waals surface area contributed by atoms with Crippen LogP contribution in [0.2, 0.25) is 5.15 Å². The first-order valence-electron chi connectivity index (χ1n) is 7.35. The van der Waals surface area contributed by atoms with E-state index in [9.17, 15) is 0 Å². The van der Waals surface area contributed by atoms with Crippen molar-refractivity contribution in [2.75, 3.05) is 44.7 Å². The van der Waals surface area contributed by atoms with Crippen LogP contribution in [0.3, 0.4) is 0 Å². The Balaban J connectivity index is 1.72. The minimum Gasteiger partial charge on any atom is -0.379 e. The number of nitrogens with zero attached hydrogens (tertiary/aromatic N) is 3. The van der Waals surface area contributed by atoms with Crippen LogP contribution in [0.1, 0.15) is 25.5 Å². The summed E-state index contributed by atoms with van der Waals surface area (Å²) in [5.74, 6) is 0.642. The molecule has 5 nitrogen and oxygen atoms in total. The Morgan fingerprint density at radius 2 is 2.15 bits per heavy atom. The molecule has 6 heteroatoms. The van der Waals surface area contributed by atoms with Gasteiger partial charge in [0.25, 0.3) is 0 Å². The van der Waals surface area contributed by atoms with Gasteiger partial charge in [0.2, 0.25) is 5.95 Å². The summed E-state index contributed by atoms with van der Waals surface area (Å²) in [7, 11) is 0. The minimum absolute atomic E-state index is 0.513. The maximum Gasteiger partial charge on any atom is 0.224 e. The van der Waals surface area contributed by atoms with Crippen LogP contribution >= 0.6 is 11.6 Å². The van der Waals surface area contributed by atoms with Crippen molar-refractivity contribution in [3.63, 3.8) is 0 Å². The van der Waals surface area contributed by atoms with Crippen LogP contribution < -0.4 is 5.32 Å². The van der Waals surface area contributed by atoms with E-state index >= 15 is 0 Å². The summed E-state index contributed by atoms with van der Waals surface area (Å²) in [6.45, 7) is 7.85. The summed E-state index contributed by atoms with van der Waals surface area (Å²) in [6.07, 6.45) is 3.06. The Hall–Kier alpha value is -0.910. The first kappa shape index (κ1) is 15.5. The van der Waals surface area contributed by atoms with Gasteiger partial charge in [-0.15, -0.1) is 0 Å². The highest BCUT2D eigenvalue weighted by Crippen LogP contribution is 2.12. The molecule has 1 aliphatic heterocycles. The fourth-order valence-corrected chi connectivity index (χ4v) is 2.46. The van der Waals surface area contributed by atoms with Gasteiger partial charge >= 0.3 is 0 Å². The van der Waals surface area contributed by atoms with Gasteiger partial charge in [-0.2, -0.15) is 0 Å². The average Bonchev–Trinajstić information content (AvgIpc) is 2.45.